The zero-order chi connectivity index (χ0) is 19.4. The van der Waals surface area contributed by atoms with Gasteiger partial charge in [-0.25, -0.2) is 9.78 Å². The van der Waals surface area contributed by atoms with E-state index in [4.69, 9.17) is 21.1 Å². The number of carbonyl (C=O) groups excluding carboxylic acids is 1. The second kappa shape index (κ2) is 8.17. The molecule has 27 heavy (non-hydrogen) atoms. The van der Waals surface area contributed by atoms with Gasteiger partial charge in [0, 0.05) is 32.1 Å². The number of rotatable bonds is 3. The first kappa shape index (κ1) is 19.5. The topological polar surface area (TPSA) is 51.7 Å². The lowest BCUT2D eigenvalue weighted by atomic mass is 10.1. The van der Waals surface area contributed by atoms with Crippen LogP contribution >= 0.6 is 11.6 Å². The number of pyridine rings is 1. The van der Waals surface area contributed by atoms with Crippen molar-refractivity contribution in [2.75, 3.05) is 13.1 Å². The molecule has 1 amide bonds. The van der Waals surface area contributed by atoms with E-state index in [1.54, 1.807) is 11.1 Å². The van der Waals surface area contributed by atoms with Crippen LogP contribution in [0.25, 0.3) is 11.1 Å². The molecule has 0 radical (unpaired) electrons. The molecular weight excluding hydrogens is 364 g/mol. The third-order valence-corrected chi connectivity index (χ3v) is 4.52. The molecule has 0 aliphatic carbocycles. The number of piperidine rings is 1. The van der Waals surface area contributed by atoms with Crippen LogP contribution in [0.1, 0.15) is 33.6 Å². The van der Waals surface area contributed by atoms with Crippen molar-refractivity contribution in [3.8, 4) is 16.9 Å². The Balaban J connectivity index is 1.53. The fourth-order valence-electron chi connectivity index (χ4n) is 2.98. The molecule has 6 heteroatoms. The maximum Gasteiger partial charge on any atom is 0.410 e. The molecule has 1 aliphatic heterocycles. The SMILES string of the molecule is CC(C)(C)OC(=O)N1CCC(Oc2ccc(-c3ccnc(Cl)c3)cc2)CC1. The maximum atomic E-state index is 12.1. The summed E-state index contributed by atoms with van der Waals surface area (Å²) >= 11 is 5.95. The van der Waals surface area contributed by atoms with Crippen molar-refractivity contribution in [2.24, 2.45) is 0 Å². The van der Waals surface area contributed by atoms with E-state index < -0.39 is 5.60 Å². The van der Waals surface area contributed by atoms with Gasteiger partial charge < -0.3 is 14.4 Å². The molecule has 0 bridgehead atoms. The standard InChI is InChI=1S/C21H25ClN2O3/c1-21(2,3)27-20(25)24-12-9-18(10-13-24)26-17-6-4-15(5-7-17)16-8-11-23-19(22)14-16/h4-8,11,14,18H,9-10,12-13H2,1-3H3. The van der Waals surface area contributed by atoms with Gasteiger partial charge in [0.15, 0.2) is 0 Å². The van der Waals surface area contributed by atoms with Crippen LogP contribution in [-0.4, -0.2) is 40.8 Å². The van der Waals surface area contributed by atoms with Gasteiger partial charge in [0.25, 0.3) is 0 Å². The summed E-state index contributed by atoms with van der Waals surface area (Å²) in [4.78, 5) is 17.9. The highest BCUT2D eigenvalue weighted by Gasteiger charge is 2.27. The lowest BCUT2D eigenvalue weighted by molar-refractivity contribution is 0.0126. The van der Waals surface area contributed by atoms with Crippen molar-refractivity contribution in [2.45, 2.75) is 45.3 Å². The van der Waals surface area contributed by atoms with Gasteiger partial charge in [0.1, 0.15) is 22.6 Å². The van der Waals surface area contributed by atoms with Crippen molar-refractivity contribution in [3.63, 3.8) is 0 Å². The van der Waals surface area contributed by atoms with Crippen molar-refractivity contribution < 1.29 is 14.3 Å². The monoisotopic (exact) mass is 388 g/mol. The number of hydrogen-bond acceptors (Lipinski definition) is 4. The quantitative estimate of drug-likeness (QED) is 0.680. The van der Waals surface area contributed by atoms with Gasteiger partial charge in [-0.1, -0.05) is 23.7 Å². The molecule has 2 aromatic rings. The highest BCUT2D eigenvalue weighted by molar-refractivity contribution is 6.29. The van der Waals surface area contributed by atoms with E-state index in [1.807, 2.05) is 57.2 Å². The number of amides is 1. The normalized spacial score (nSPS) is 15.5. The summed E-state index contributed by atoms with van der Waals surface area (Å²) in [6.07, 6.45) is 3.13. The van der Waals surface area contributed by atoms with Gasteiger partial charge >= 0.3 is 6.09 Å². The highest BCUT2D eigenvalue weighted by atomic mass is 35.5. The highest BCUT2D eigenvalue weighted by Crippen LogP contribution is 2.26. The molecule has 3 rings (SSSR count). The lowest BCUT2D eigenvalue weighted by Gasteiger charge is -2.33. The number of aromatic nitrogens is 1. The summed E-state index contributed by atoms with van der Waals surface area (Å²) in [5.74, 6) is 0.828. The average molecular weight is 389 g/mol. The summed E-state index contributed by atoms with van der Waals surface area (Å²) in [6.45, 7) is 6.93. The second-order valence-electron chi connectivity index (χ2n) is 7.68. The zero-order valence-electron chi connectivity index (χ0n) is 15.9. The fourth-order valence-corrected chi connectivity index (χ4v) is 3.16. The van der Waals surface area contributed by atoms with Gasteiger partial charge in [-0.2, -0.15) is 0 Å². The molecule has 2 heterocycles. The van der Waals surface area contributed by atoms with Crippen LogP contribution in [0.4, 0.5) is 4.79 Å². The number of halogens is 1. The Morgan fingerprint density at radius 3 is 2.37 bits per heavy atom. The predicted molar refractivity (Wildman–Crippen MR) is 106 cm³/mol. The number of benzene rings is 1. The molecule has 1 aromatic carbocycles. The van der Waals surface area contributed by atoms with E-state index in [-0.39, 0.29) is 12.2 Å². The number of ether oxygens (including phenoxy) is 2. The molecule has 0 atom stereocenters. The second-order valence-corrected chi connectivity index (χ2v) is 8.06. The first-order chi connectivity index (χ1) is 12.8. The van der Waals surface area contributed by atoms with E-state index in [1.165, 1.54) is 0 Å². The van der Waals surface area contributed by atoms with Crippen molar-refractivity contribution in [3.05, 3.63) is 47.7 Å². The van der Waals surface area contributed by atoms with E-state index in [2.05, 4.69) is 4.98 Å². The molecule has 144 valence electrons. The van der Waals surface area contributed by atoms with Crippen molar-refractivity contribution in [1.29, 1.82) is 0 Å². The van der Waals surface area contributed by atoms with Gasteiger partial charge in [-0.05, 0) is 56.2 Å². The van der Waals surface area contributed by atoms with E-state index in [0.29, 0.717) is 18.2 Å². The maximum absolute atomic E-state index is 12.1. The van der Waals surface area contributed by atoms with Crippen LogP contribution < -0.4 is 4.74 Å². The number of likely N-dealkylation sites (tertiary alicyclic amines) is 1. The molecule has 1 aromatic heterocycles. The minimum Gasteiger partial charge on any atom is -0.490 e. The predicted octanol–water partition coefficient (Wildman–Crippen LogP) is 5.18. The molecule has 1 saturated heterocycles. The first-order valence-corrected chi connectivity index (χ1v) is 9.54. The number of nitrogens with zero attached hydrogens (tertiary/aromatic N) is 2. The number of carbonyl (C=O) groups is 1. The Morgan fingerprint density at radius 1 is 1.11 bits per heavy atom. The molecule has 1 aliphatic rings. The smallest absolute Gasteiger partial charge is 0.410 e. The molecule has 5 nitrogen and oxygen atoms in total. The summed E-state index contributed by atoms with van der Waals surface area (Å²) in [5, 5.41) is 0.476. The summed E-state index contributed by atoms with van der Waals surface area (Å²) in [7, 11) is 0. The Hall–Kier alpha value is -2.27. The van der Waals surface area contributed by atoms with Gasteiger partial charge in [-0.15, -0.1) is 0 Å². The number of hydrogen-bond donors (Lipinski definition) is 0. The van der Waals surface area contributed by atoms with Crippen molar-refractivity contribution >= 4 is 17.7 Å². The minimum atomic E-state index is -0.467. The van der Waals surface area contributed by atoms with Crippen LogP contribution in [0.5, 0.6) is 5.75 Å². The molecule has 0 unspecified atom stereocenters. The van der Waals surface area contributed by atoms with Crippen LogP contribution in [0, 0.1) is 0 Å². The summed E-state index contributed by atoms with van der Waals surface area (Å²) in [5.41, 5.74) is 1.62. The average Bonchev–Trinajstić information content (AvgIpc) is 2.61. The fraction of sp³-hybridized carbons (Fsp3) is 0.429. The van der Waals surface area contributed by atoms with Gasteiger partial charge in [0.05, 0.1) is 0 Å². The van der Waals surface area contributed by atoms with E-state index in [0.717, 1.165) is 29.7 Å². The first-order valence-electron chi connectivity index (χ1n) is 9.17. The zero-order valence-corrected chi connectivity index (χ0v) is 16.7. The van der Waals surface area contributed by atoms with Crippen LogP contribution in [0.2, 0.25) is 5.15 Å². The molecular formula is C21H25ClN2O3. The Kier molecular flexibility index (Phi) is 5.90. The van der Waals surface area contributed by atoms with Crippen LogP contribution in [0.15, 0.2) is 42.6 Å². The van der Waals surface area contributed by atoms with Crippen LogP contribution in [-0.2, 0) is 4.74 Å². The largest absolute Gasteiger partial charge is 0.490 e. The third kappa shape index (κ3) is 5.60. The lowest BCUT2D eigenvalue weighted by Crippen LogP contribution is -2.44. The summed E-state index contributed by atoms with van der Waals surface area (Å²) in [6, 6.07) is 11.7. The van der Waals surface area contributed by atoms with E-state index >= 15 is 0 Å². The van der Waals surface area contributed by atoms with Crippen molar-refractivity contribution in [1.82, 2.24) is 9.88 Å². The minimum absolute atomic E-state index is 0.102. The Bertz CT molecular complexity index is 779. The molecule has 0 N–H and O–H groups in total. The van der Waals surface area contributed by atoms with Crippen LogP contribution in [0.3, 0.4) is 0 Å². The van der Waals surface area contributed by atoms with Gasteiger partial charge in [-0.3, -0.25) is 0 Å². The Labute approximate surface area is 165 Å². The molecule has 0 saturated carbocycles. The van der Waals surface area contributed by atoms with Gasteiger partial charge in [0.2, 0.25) is 0 Å². The molecule has 1 fully saturated rings. The Morgan fingerprint density at radius 2 is 1.78 bits per heavy atom. The van der Waals surface area contributed by atoms with E-state index in [9.17, 15) is 4.79 Å². The third-order valence-electron chi connectivity index (χ3n) is 4.31. The summed E-state index contributed by atoms with van der Waals surface area (Å²) < 4.78 is 11.5. The molecule has 0 spiro atoms.